The van der Waals surface area contributed by atoms with Gasteiger partial charge in [0.05, 0.1) is 6.61 Å². The standard InChI is InChI=1S/C10H16O3/c1-7-6-13-10(12)5-9(7)4-3-8(2)11/h9-10,12H,1,3-6H2,2H3/t9-,10?/m0/s1. The molecule has 13 heavy (non-hydrogen) atoms. The first-order valence-electron chi connectivity index (χ1n) is 4.56. The topological polar surface area (TPSA) is 46.5 Å². The van der Waals surface area contributed by atoms with Crippen molar-refractivity contribution in [3.8, 4) is 0 Å². The van der Waals surface area contributed by atoms with E-state index in [9.17, 15) is 9.90 Å². The zero-order chi connectivity index (χ0) is 9.84. The van der Waals surface area contributed by atoms with E-state index in [2.05, 4.69) is 6.58 Å². The number of carbonyl (C=O) groups excluding carboxylic acids is 1. The van der Waals surface area contributed by atoms with Gasteiger partial charge in [0.25, 0.3) is 0 Å². The number of ketones is 1. The molecule has 0 aromatic heterocycles. The number of aliphatic hydroxyl groups is 1. The minimum atomic E-state index is -0.678. The van der Waals surface area contributed by atoms with E-state index in [1.807, 2.05) is 0 Å². The zero-order valence-electron chi connectivity index (χ0n) is 7.95. The molecule has 1 N–H and O–H groups in total. The Morgan fingerprint density at radius 2 is 2.46 bits per heavy atom. The summed E-state index contributed by atoms with van der Waals surface area (Å²) in [5.41, 5.74) is 0.992. The lowest BCUT2D eigenvalue weighted by Crippen LogP contribution is -2.27. The zero-order valence-corrected chi connectivity index (χ0v) is 7.95. The number of hydrogen-bond donors (Lipinski definition) is 1. The summed E-state index contributed by atoms with van der Waals surface area (Å²) in [5, 5.41) is 9.21. The first kappa shape index (κ1) is 10.4. The summed E-state index contributed by atoms with van der Waals surface area (Å²) >= 11 is 0. The van der Waals surface area contributed by atoms with E-state index in [4.69, 9.17) is 4.74 Å². The van der Waals surface area contributed by atoms with E-state index in [0.717, 1.165) is 12.0 Å². The van der Waals surface area contributed by atoms with Crippen LogP contribution in [0.4, 0.5) is 0 Å². The van der Waals surface area contributed by atoms with Crippen LogP contribution < -0.4 is 0 Å². The molecule has 1 aliphatic rings. The van der Waals surface area contributed by atoms with Crippen molar-refractivity contribution in [2.45, 2.75) is 32.5 Å². The normalized spacial score (nSPS) is 28.9. The number of ether oxygens (including phenoxy) is 1. The highest BCUT2D eigenvalue weighted by atomic mass is 16.6. The van der Waals surface area contributed by atoms with E-state index in [1.54, 1.807) is 6.92 Å². The quantitative estimate of drug-likeness (QED) is 0.672. The van der Waals surface area contributed by atoms with Crippen LogP contribution in [0.1, 0.15) is 26.2 Å². The monoisotopic (exact) mass is 184 g/mol. The Kier molecular flexibility index (Phi) is 3.63. The molecule has 0 aromatic rings. The molecule has 0 aliphatic carbocycles. The summed E-state index contributed by atoms with van der Waals surface area (Å²) < 4.78 is 5.00. The highest BCUT2D eigenvalue weighted by Crippen LogP contribution is 2.26. The van der Waals surface area contributed by atoms with Crippen molar-refractivity contribution in [1.29, 1.82) is 0 Å². The fourth-order valence-corrected chi connectivity index (χ4v) is 1.50. The third kappa shape index (κ3) is 3.28. The molecule has 1 fully saturated rings. The molecule has 1 aliphatic heterocycles. The molecular formula is C10H16O3. The van der Waals surface area contributed by atoms with E-state index in [0.29, 0.717) is 19.4 Å². The van der Waals surface area contributed by atoms with Gasteiger partial charge in [0.2, 0.25) is 0 Å². The van der Waals surface area contributed by atoms with Crippen molar-refractivity contribution in [3.05, 3.63) is 12.2 Å². The van der Waals surface area contributed by atoms with Crippen LogP contribution in [0.2, 0.25) is 0 Å². The second-order valence-corrected chi connectivity index (χ2v) is 3.60. The van der Waals surface area contributed by atoms with Crippen LogP contribution in [0.5, 0.6) is 0 Å². The Bertz CT molecular complexity index is 210. The van der Waals surface area contributed by atoms with Gasteiger partial charge in [-0.2, -0.15) is 0 Å². The average molecular weight is 184 g/mol. The Balaban J connectivity index is 2.37. The third-order valence-corrected chi connectivity index (χ3v) is 2.37. The average Bonchev–Trinajstić information content (AvgIpc) is 2.06. The molecule has 0 bridgehead atoms. The van der Waals surface area contributed by atoms with E-state index in [1.165, 1.54) is 0 Å². The van der Waals surface area contributed by atoms with Crippen molar-refractivity contribution in [3.63, 3.8) is 0 Å². The maximum atomic E-state index is 10.8. The van der Waals surface area contributed by atoms with Crippen molar-refractivity contribution in [2.75, 3.05) is 6.61 Å². The van der Waals surface area contributed by atoms with Gasteiger partial charge in [0.15, 0.2) is 6.29 Å². The number of aliphatic hydroxyl groups excluding tert-OH is 1. The molecule has 0 radical (unpaired) electrons. The molecule has 74 valence electrons. The molecule has 3 nitrogen and oxygen atoms in total. The van der Waals surface area contributed by atoms with E-state index < -0.39 is 6.29 Å². The fraction of sp³-hybridized carbons (Fsp3) is 0.700. The van der Waals surface area contributed by atoms with Crippen LogP contribution in [-0.4, -0.2) is 23.8 Å². The summed E-state index contributed by atoms with van der Waals surface area (Å²) in [6.45, 7) is 5.86. The number of rotatable bonds is 3. The van der Waals surface area contributed by atoms with Crippen LogP contribution in [-0.2, 0) is 9.53 Å². The second-order valence-electron chi connectivity index (χ2n) is 3.60. The van der Waals surface area contributed by atoms with Gasteiger partial charge in [-0.1, -0.05) is 6.58 Å². The van der Waals surface area contributed by atoms with Crippen LogP contribution in [0.25, 0.3) is 0 Å². The predicted molar refractivity (Wildman–Crippen MR) is 49.1 cm³/mol. The second kappa shape index (κ2) is 4.53. The molecule has 1 unspecified atom stereocenters. The fourth-order valence-electron chi connectivity index (χ4n) is 1.50. The smallest absolute Gasteiger partial charge is 0.155 e. The molecule has 1 heterocycles. The summed E-state index contributed by atoms with van der Waals surface area (Å²) in [6.07, 6.45) is 1.25. The lowest BCUT2D eigenvalue weighted by Gasteiger charge is -2.28. The first-order chi connectivity index (χ1) is 6.09. The van der Waals surface area contributed by atoms with Crippen LogP contribution in [0.3, 0.4) is 0 Å². The van der Waals surface area contributed by atoms with Gasteiger partial charge >= 0.3 is 0 Å². The maximum Gasteiger partial charge on any atom is 0.155 e. The van der Waals surface area contributed by atoms with Crippen molar-refractivity contribution < 1.29 is 14.6 Å². The van der Waals surface area contributed by atoms with Crippen LogP contribution in [0, 0.1) is 5.92 Å². The third-order valence-electron chi connectivity index (χ3n) is 2.37. The van der Waals surface area contributed by atoms with Gasteiger partial charge in [0.1, 0.15) is 5.78 Å². The summed E-state index contributed by atoms with van der Waals surface area (Å²) in [5.74, 6) is 0.432. The Morgan fingerprint density at radius 3 is 3.08 bits per heavy atom. The van der Waals surface area contributed by atoms with Gasteiger partial charge in [-0.15, -0.1) is 0 Å². The minimum absolute atomic E-state index is 0.189. The van der Waals surface area contributed by atoms with Gasteiger partial charge in [0, 0.05) is 12.8 Å². The maximum absolute atomic E-state index is 10.8. The van der Waals surface area contributed by atoms with Crippen molar-refractivity contribution in [2.24, 2.45) is 5.92 Å². The number of carbonyl (C=O) groups is 1. The number of Topliss-reactive ketones (excluding diaryl/α,β-unsaturated/α-hetero) is 1. The molecule has 0 aromatic carbocycles. The van der Waals surface area contributed by atoms with Gasteiger partial charge < -0.3 is 14.6 Å². The predicted octanol–water partition coefficient (Wildman–Crippen LogP) is 1.27. The Hall–Kier alpha value is -0.670. The van der Waals surface area contributed by atoms with Crippen LogP contribution >= 0.6 is 0 Å². The van der Waals surface area contributed by atoms with Crippen LogP contribution in [0.15, 0.2) is 12.2 Å². The summed E-state index contributed by atoms with van der Waals surface area (Å²) in [4.78, 5) is 10.8. The molecule has 1 saturated heterocycles. The van der Waals surface area contributed by atoms with Crippen molar-refractivity contribution >= 4 is 5.78 Å². The first-order valence-corrected chi connectivity index (χ1v) is 4.56. The molecule has 0 amide bonds. The molecular weight excluding hydrogens is 168 g/mol. The number of hydrogen-bond acceptors (Lipinski definition) is 3. The van der Waals surface area contributed by atoms with Crippen molar-refractivity contribution in [1.82, 2.24) is 0 Å². The summed E-state index contributed by atoms with van der Waals surface area (Å²) in [7, 11) is 0. The van der Waals surface area contributed by atoms with Gasteiger partial charge in [-0.3, -0.25) is 0 Å². The van der Waals surface area contributed by atoms with E-state index >= 15 is 0 Å². The lowest BCUT2D eigenvalue weighted by molar-refractivity contribution is -0.124. The van der Waals surface area contributed by atoms with E-state index in [-0.39, 0.29) is 11.7 Å². The Labute approximate surface area is 78.4 Å². The molecule has 2 atom stereocenters. The minimum Gasteiger partial charge on any atom is -0.368 e. The van der Waals surface area contributed by atoms with Gasteiger partial charge in [-0.05, 0) is 24.8 Å². The Morgan fingerprint density at radius 1 is 1.77 bits per heavy atom. The summed E-state index contributed by atoms with van der Waals surface area (Å²) in [6, 6.07) is 0. The van der Waals surface area contributed by atoms with Gasteiger partial charge in [-0.25, -0.2) is 0 Å². The highest BCUT2D eigenvalue weighted by molar-refractivity contribution is 5.75. The lowest BCUT2D eigenvalue weighted by atomic mass is 9.90. The SMILES string of the molecule is C=C1COC(O)C[C@@H]1CCC(C)=O. The molecule has 3 heteroatoms. The molecule has 1 rings (SSSR count). The molecule has 0 saturated carbocycles. The highest BCUT2D eigenvalue weighted by Gasteiger charge is 2.23. The largest absolute Gasteiger partial charge is 0.368 e. The molecule has 0 spiro atoms.